The van der Waals surface area contributed by atoms with Crippen LogP contribution in [0.5, 0.6) is 0 Å². The van der Waals surface area contributed by atoms with Gasteiger partial charge in [0, 0.05) is 12.1 Å². The molecule has 0 fully saturated rings. The lowest BCUT2D eigenvalue weighted by atomic mass is 10.2. The number of carbonyl (C=O) groups excluding carboxylic acids is 2. The minimum atomic E-state index is -0.440. The number of carbonyl (C=O) groups is 2. The first-order valence-corrected chi connectivity index (χ1v) is 7.64. The summed E-state index contributed by atoms with van der Waals surface area (Å²) in [5, 5.41) is 17.7. The highest BCUT2D eigenvalue weighted by Gasteiger charge is 2.14. The highest BCUT2D eigenvalue weighted by Crippen LogP contribution is 2.11. The minimum absolute atomic E-state index is 0.126. The van der Waals surface area contributed by atoms with Crippen molar-refractivity contribution in [1.82, 2.24) is 10.6 Å². The predicted octanol–water partition coefficient (Wildman–Crippen LogP) is 1.63. The predicted molar refractivity (Wildman–Crippen MR) is 86.3 cm³/mol. The molecule has 0 spiro atoms. The first-order chi connectivity index (χ1) is 10.7. The molecule has 0 bridgehead atoms. The summed E-state index contributed by atoms with van der Waals surface area (Å²) >= 11 is 1.50. The Morgan fingerprint density at radius 2 is 1.95 bits per heavy atom. The number of rotatable bonds is 6. The lowest BCUT2D eigenvalue weighted by Gasteiger charge is -2.10. The first-order valence-electron chi connectivity index (χ1n) is 6.70. The summed E-state index contributed by atoms with van der Waals surface area (Å²) in [4.78, 5) is 24.3. The molecule has 5 nitrogen and oxygen atoms in total. The molecule has 1 aromatic heterocycles. The van der Waals surface area contributed by atoms with Crippen molar-refractivity contribution in [3.8, 4) is 0 Å². The molecule has 3 N–H and O–H groups in total. The van der Waals surface area contributed by atoms with E-state index in [0.29, 0.717) is 5.56 Å². The molecular formula is C16H16N2O3S. The second-order valence-electron chi connectivity index (χ2n) is 4.41. The Morgan fingerprint density at radius 1 is 1.18 bits per heavy atom. The molecule has 2 amide bonds. The van der Waals surface area contributed by atoms with Gasteiger partial charge in [0.2, 0.25) is 0 Å². The Bertz CT molecular complexity index is 651. The van der Waals surface area contributed by atoms with Gasteiger partial charge in [-0.3, -0.25) is 9.59 Å². The Kier molecular flexibility index (Phi) is 5.88. The van der Waals surface area contributed by atoms with E-state index < -0.39 is 5.91 Å². The average molecular weight is 316 g/mol. The summed E-state index contributed by atoms with van der Waals surface area (Å²) in [6, 6.07) is 10.5. The number of nitrogens with one attached hydrogen (secondary N) is 2. The van der Waals surface area contributed by atoms with Crippen molar-refractivity contribution < 1.29 is 14.7 Å². The van der Waals surface area contributed by atoms with E-state index in [1.54, 1.807) is 30.3 Å². The van der Waals surface area contributed by atoms with Crippen LogP contribution in [0.3, 0.4) is 0 Å². The standard InChI is InChI=1S/C16H16N2O3S/c19-8-7-17-16(21)14(10-12-6-9-22-11-12)18-15(20)13-4-2-1-3-5-13/h1-6,9-11,19H,7-8H2,(H,17,21)(H,18,20). The molecule has 114 valence electrons. The van der Waals surface area contributed by atoms with Gasteiger partial charge in [0.15, 0.2) is 0 Å². The monoisotopic (exact) mass is 316 g/mol. The number of aliphatic hydroxyl groups excluding tert-OH is 1. The van der Waals surface area contributed by atoms with E-state index in [9.17, 15) is 9.59 Å². The summed E-state index contributed by atoms with van der Waals surface area (Å²) < 4.78 is 0. The van der Waals surface area contributed by atoms with Crippen molar-refractivity contribution >= 4 is 29.2 Å². The van der Waals surface area contributed by atoms with E-state index in [1.165, 1.54) is 11.3 Å². The molecule has 0 aliphatic carbocycles. The van der Waals surface area contributed by atoms with Crippen LogP contribution < -0.4 is 10.6 Å². The smallest absolute Gasteiger partial charge is 0.267 e. The molecule has 22 heavy (non-hydrogen) atoms. The maximum atomic E-state index is 12.2. The lowest BCUT2D eigenvalue weighted by molar-refractivity contribution is -0.117. The van der Waals surface area contributed by atoms with Gasteiger partial charge in [-0.2, -0.15) is 11.3 Å². The van der Waals surface area contributed by atoms with Crippen LogP contribution in [-0.4, -0.2) is 30.1 Å². The second kappa shape index (κ2) is 8.11. The summed E-state index contributed by atoms with van der Waals surface area (Å²) in [7, 11) is 0. The number of amides is 2. The van der Waals surface area contributed by atoms with Crippen LogP contribution in [0.2, 0.25) is 0 Å². The van der Waals surface area contributed by atoms with Gasteiger partial charge >= 0.3 is 0 Å². The second-order valence-corrected chi connectivity index (χ2v) is 5.19. The maximum absolute atomic E-state index is 12.2. The van der Waals surface area contributed by atoms with Crippen LogP contribution >= 0.6 is 11.3 Å². The third-order valence-corrected chi connectivity index (χ3v) is 3.48. The quantitative estimate of drug-likeness (QED) is 0.709. The van der Waals surface area contributed by atoms with Crippen molar-refractivity contribution in [3.05, 3.63) is 64.0 Å². The van der Waals surface area contributed by atoms with Crippen molar-refractivity contribution in [2.75, 3.05) is 13.2 Å². The molecule has 0 atom stereocenters. The highest BCUT2D eigenvalue weighted by molar-refractivity contribution is 7.08. The van der Waals surface area contributed by atoms with Crippen LogP contribution in [0.15, 0.2) is 52.9 Å². The van der Waals surface area contributed by atoms with Gasteiger partial charge in [-0.25, -0.2) is 0 Å². The molecule has 0 saturated carbocycles. The van der Waals surface area contributed by atoms with Crippen LogP contribution in [0.4, 0.5) is 0 Å². The number of hydrogen-bond donors (Lipinski definition) is 3. The number of hydrogen-bond acceptors (Lipinski definition) is 4. The minimum Gasteiger partial charge on any atom is -0.395 e. The fourth-order valence-electron chi connectivity index (χ4n) is 1.73. The summed E-state index contributed by atoms with van der Waals surface area (Å²) in [6.45, 7) is -0.0366. The zero-order chi connectivity index (χ0) is 15.8. The Hall–Kier alpha value is -2.44. The van der Waals surface area contributed by atoms with Gasteiger partial charge < -0.3 is 15.7 Å². The van der Waals surface area contributed by atoms with E-state index in [4.69, 9.17) is 5.11 Å². The number of thiophene rings is 1. The largest absolute Gasteiger partial charge is 0.395 e. The third-order valence-electron chi connectivity index (χ3n) is 2.78. The van der Waals surface area contributed by atoms with Gasteiger partial charge in [0.05, 0.1) is 6.61 Å². The molecule has 2 rings (SSSR count). The Morgan fingerprint density at radius 3 is 2.59 bits per heavy atom. The van der Waals surface area contributed by atoms with Crippen LogP contribution in [0, 0.1) is 0 Å². The topological polar surface area (TPSA) is 78.4 Å². The molecule has 0 saturated heterocycles. The number of benzene rings is 1. The maximum Gasteiger partial charge on any atom is 0.267 e. The summed E-state index contributed by atoms with van der Waals surface area (Å²) in [5.74, 6) is -0.800. The molecule has 0 unspecified atom stereocenters. The fourth-order valence-corrected chi connectivity index (χ4v) is 2.35. The molecule has 0 aliphatic rings. The SMILES string of the molecule is O=C(NCCO)C(=Cc1ccsc1)NC(=O)c1ccccc1. The van der Waals surface area contributed by atoms with Crippen LogP contribution in [-0.2, 0) is 4.79 Å². The van der Waals surface area contributed by atoms with Gasteiger partial charge in [-0.1, -0.05) is 18.2 Å². The van der Waals surface area contributed by atoms with Gasteiger partial charge in [0.25, 0.3) is 11.8 Å². The molecular weight excluding hydrogens is 300 g/mol. The lowest BCUT2D eigenvalue weighted by Crippen LogP contribution is -2.36. The third kappa shape index (κ3) is 4.54. The van der Waals surface area contributed by atoms with Crippen molar-refractivity contribution in [2.45, 2.75) is 0 Å². The molecule has 2 aromatic rings. The zero-order valence-electron chi connectivity index (χ0n) is 11.8. The van der Waals surface area contributed by atoms with Gasteiger partial charge in [-0.05, 0) is 40.6 Å². The first kappa shape index (κ1) is 15.9. The average Bonchev–Trinajstić information content (AvgIpc) is 3.05. The highest BCUT2D eigenvalue weighted by atomic mass is 32.1. The molecule has 1 heterocycles. The molecule has 0 aliphatic heterocycles. The molecule has 1 aromatic carbocycles. The van der Waals surface area contributed by atoms with Crippen molar-refractivity contribution in [1.29, 1.82) is 0 Å². The zero-order valence-corrected chi connectivity index (χ0v) is 12.6. The van der Waals surface area contributed by atoms with Crippen LogP contribution in [0.25, 0.3) is 6.08 Å². The van der Waals surface area contributed by atoms with Crippen LogP contribution in [0.1, 0.15) is 15.9 Å². The van der Waals surface area contributed by atoms with E-state index >= 15 is 0 Å². The van der Waals surface area contributed by atoms with Crippen molar-refractivity contribution in [2.24, 2.45) is 0 Å². The van der Waals surface area contributed by atoms with Gasteiger partial charge in [0.1, 0.15) is 5.70 Å². The van der Waals surface area contributed by atoms with Crippen molar-refractivity contribution in [3.63, 3.8) is 0 Å². The fraction of sp³-hybridized carbons (Fsp3) is 0.125. The Balaban J connectivity index is 2.17. The van der Waals surface area contributed by atoms with E-state index in [2.05, 4.69) is 10.6 Å². The summed E-state index contributed by atoms with van der Waals surface area (Å²) in [5.41, 5.74) is 1.43. The van der Waals surface area contributed by atoms with E-state index in [-0.39, 0.29) is 24.8 Å². The van der Waals surface area contributed by atoms with Gasteiger partial charge in [-0.15, -0.1) is 0 Å². The number of aliphatic hydroxyl groups is 1. The van der Waals surface area contributed by atoms with E-state index in [0.717, 1.165) is 5.56 Å². The Labute approximate surface area is 132 Å². The molecule has 0 radical (unpaired) electrons. The van der Waals surface area contributed by atoms with E-state index in [1.807, 2.05) is 22.9 Å². The summed E-state index contributed by atoms with van der Waals surface area (Å²) in [6.07, 6.45) is 1.60. The normalized spacial score (nSPS) is 11.0. The molecule has 6 heteroatoms.